The van der Waals surface area contributed by atoms with Gasteiger partial charge >= 0.3 is 12.1 Å². The number of aromatic nitrogens is 6. The molecule has 0 saturated carbocycles. The minimum Gasteiger partial charge on any atom is -0.454 e. The molecule has 3 aliphatic heterocycles. The summed E-state index contributed by atoms with van der Waals surface area (Å²) in [6.07, 6.45) is -4.22. The standard InChI is InChI=1S/C44H64N8O11/c1-12-32-44(8)38(51(42(58)63-44)20-16-15-19-50-22-29(45-48-50)23-52-46-30-17-13-14-18-31(30)47-52)25(3)34(53)24(2)21-43(7,59-11)39(26(4)35(54)27(5)40(57)61-32)62-41-37(56)33(49(9)10)36(55)28(6)60-41/h13-14,17-18,22,24-26,28,32-33,36-39,41,55-56H,5,12,15-16,19-21,23H2,1-4,6-11H3/p+1/t24-,25+,26+,28?,32-,33?,36?,37?,38-,39-,41?,43+,44-/m1/s1. The number of fused-ring (bicyclic) bond motifs is 2. The van der Waals surface area contributed by atoms with Gasteiger partial charge in [-0.05, 0) is 77.5 Å². The lowest BCUT2D eigenvalue weighted by Crippen LogP contribution is -2.64. The molecule has 63 heavy (non-hydrogen) atoms. The number of Topliss-reactive ketones (excluding diaryl/α,β-unsaturated/α-hetero) is 2. The molecule has 19 nitrogen and oxygen atoms in total. The van der Waals surface area contributed by atoms with Gasteiger partial charge in [-0.2, -0.15) is 5.10 Å². The molecule has 346 valence electrons. The van der Waals surface area contributed by atoms with Crippen LogP contribution in [0.2, 0.25) is 0 Å². The molecule has 0 radical (unpaired) electrons. The van der Waals surface area contributed by atoms with Crippen molar-refractivity contribution in [3.8, 4) is 0 Å². The third-order valence-electron chi connectivity index (χ3n) is 13.3. The molecule has 3 saturated heterocycles. The zero-order valence-corrected chi connectivity index (χ0v) is 38.1. The number of aliphatic hydroxyl groups excluding tert-OH is 2. The van der Waals surface area contributed by atoms with Crippen LogP contribution in [-0.4, -0.2) is 156 Å². The van der Waals surface area contributed by atoms with E-state index < -0.39 is 101 Å². The van der Waals surface area contributed by atoms with Crippen LogP contribution in [0.5, 0.6) is 0 Å². The summed E-state index contributed by atoms with van der Waals surface area (Å²) in [4.78, 5) is 61.7. The molecule has 5 heterocycles. The number of likely N-dealkylation sites (N-methyl/N-ethyl adjacent to an activating group) is 1. The van der Waals surface area contributed by atoms with Gasteiger partial charge in [-0.15, -0.1) is 5.10 Å². The number of hydrogen-bond donors (Lipinski definition) is 2. The van der Waals surface area contributed by atoms with Crippen LogP contribution in [0.4, 0.5) is 4.79 Å². The van der Waals surface area contributed by atoms with E-state index in [9.17, 15) is 29.4 Å². The van der Waals surface area contributed by atoms with Crippen molar-refractivity contribution in [3.63, 3.8) is 0 Å². The van der Waals surface area contributed by atoms with Gasteiger partial charge in [0.25, 0.3) is 0 Å². The molecule has 6 rings (SSSR count). The minimum absolute atomic E-state index is 0.0359. The Morgan fingerprint density at radius 2 is 1.71 bits per heavy atom. The molecule has 0 bridgehead atoms. The number of H-pyrrole nitrogens is 1. The predicted octanol–water partition coefficient (Wildman–Crippen LogP) is 2.37. The molecule has 3 aliphatic rings. The average Bonchev–Trinajstić information content (AvgIpc) is 3.95. The lowest BCUT2D eigenvalue weighted by Gasteiger charge is -2.48. The number of methoxy groups -OCH3 is 1. The number of unbranched alkanes of at least 4 members (excludes halogenated alkanes) is 1. The smallest absolute Gasteiger partial charge is 0.410 e. The maximum Gasteiger partial charge on any atom is 0.410 e. The van der Waals surface area contributed by atoms with E-state index in [1.165, 1.54) is 7.11 Å². The van der Waals surface area contributed by atoms with Crippen LogP contribution in [0.15, 0.2) is 42.6 Å². The first-order valence-electron chi connectivity index (χ1n) is 21.8. The number of nitrogens with zero attached hydrogens (tertiary/aromatic N) is 7. The topological polar surface area (TPSA) is 224 Å². The van der Waals surface area contributed by atoms with Gasteiger partial charge in [-0.3, -0.25) is 14.3 Å². The molecule has 0 spiro atoms. The van der Waals surface area contributed by atoms with Crippen molar-refractivity contribution < 1.29 is 58.2 Å². The number of aromatic amines is 1. The molecule has 1 aromatic carbocycles. The summed E-state index contributed by atoms with van der Waals surface area (Å²) in [5.41, 5.74) is -0.874. The summed E-state index contributed by atoms with van der Waals surface area (Å²) in [6.45, 7) is 16.8. The maximum absolute atomic E-state index is 14.8. The highest BCUT2D eigenvalue weighted by molar-refractivity contribution is 6.17. The summed E-state index contributed by atoms with van der Waals surface area (Å²) in [6, 6.07) is 6.08. The summed E-state index contributed by atoms with van der Waals surface area (Å²) < 4.78 is 32.5. The Bertz CT molecular complexity index is 2110. The van der Waals surface area contributed by atoms with E-state index in [1.807, 2.05) is 30.5 Å². The molecular weight excluding hydrogens is 817 g/mol. The normalized spacial score (nSPS) is 34.9. The Labute approximate surface area is 368 Å². The number of benzene rings is 1. The quantitative estimate of drug-likeness (QED) is 0.115. The van der Waals surface area contributed by atoms with Crippen LogP contribution < -0.4 is 5.10 Å². The minimum atomic E-state index is -1.49. The number of amides is 1. The highest BCUT2D eigenvalue weighted by Gasteiger charge is 2.60. The first-order chi connectivity index (χ1) is 29.7. The van der Waals surface area contributed by atoms with Crippen molar-refractivity contribution in [3.05, 3.63) is 48.3 Å². The molecule has 5 unspecified atom stereocenters. The SMILES string of the molecule is C=C1C(=O)O[C@H](CC)[C@@]2(C)OC(=O)N(CCCCn3cc(Cn4nc5ccccc5[nH+]4)nn3)[C@@H]2[C@@H](C)C(=O)[C@H](C)C[C@](C)(OC)[C@H](OC2OC(C)C(O)C(N(C)C)C2O)[C@@H](C)C1=O. The monoisotopic (exact) mass is 881 g/mol. The number of para-hydroxylation sites is 1. The Morgan fingerprint density at radius 1 is 1.02 bits per heavy atom. The van der Waals surface area contributed by atoms with Crippen LogP contribution >= 0.6 is 0 Å². The largest absolute Gasteiger partial charge is 0.454 e. The Kier molecular flexibility index (Phi) is 14.6. The van der Waals surface area contributed by atoms with Crippen molar-refractivity contribution >= 4 is 34.7 Å². The van der Waals surface area contributed by atoms with E-state index in [0.717, 1.165) is 11.0 Å². The number of aliphatic hydroxyl groups is 2. The highest BCUT2D eigenvalue weighted by Crippen LogP contribution is 2.43. The van der Waals surface area contributed by atoms with Crippen LogP contribution in [0.1, 0.15) is 79.8 Å². The van der Waals surface area contributed by atoms with Crippen LogP contribution in [0.3, 0.4) is 0 Å². The number of ether oxygens (including phenoxy) is 5. The third-order valence-corrected chi connectivity index (χ3v) is 13.3. The number of ketones is 2. The first-order valence-corrected chi connectivity index (χ1v) is 21.8. The summed E-state index contributed by atoms with van der Waals surface area (Å²) in [5.74, 6) is -4.62. The zero-order valence-electron chi connectivity index (χ0n) is 38.1. The second-order valence-electron chi connectivity index (χ2n) is 18.1. The number of esters is 1. The van der Waals surface area contributed by atoms with Crippen molar-refractivity contribution in [2.75, 3.05) is 27.7 Å². The number of cyclic esters (lactones) is 1. The Morgan fingerprint density at radius 3 is 2.38 bits per heavy atom. The van der Waals surface area contributed by atoms with Gasteiger partial charge in [0, 0.05) is 43.1 Å². The highest BCUT2D eigenvalue weighted by atomic mass is 16.7. The van der Waals surface area contributed by atoms with Gasteiger partial charge in [-0.1, -0.05) is 51.6 Å². The second kappa shape index (κ2) is 19.2. The van der Waals surface area contributed by atoms with Crippen molar-refractivity contribution in [1.29, 1.82) is 0 Å². The Balaban J connectivity index is 1.23. The molecule has 2 aromatic heterocycles. The fraction of sp³-hybridized carbons (Fsp3) is 0.682. The van der Waals surface area contributed by atoms with E-state index in [4.69, 9.17) is 23.7 Å². The number of rotatable bonds is 12. The van der Waals surface area contributed by atoms with E-state index in [1.54, 1.807) is 81.8 Å². The third kappa shape index (κ3) is 9.59. The number of aryl methyl sites for hydroxylation is 1. The van der Waals surface area contributed by atoms with E-state index >= 15 is 0 Å². The predicted molar refractivity (Wildman–Crippen MR) is 226 cm³/mol. The van der Waals surface area contributed by atoms with E-state index in [-0.39, 0.29) is 25.2 Å². The van der Waals surface area contributed by atoms with Crippen molar-refractivity contribution in [2.45, 2.75) is 147 Å². The summed E-state index contributed by atoms with van der Waals surface area (Å²) in [5, 5.41) is 38.7. The molecule has 1 amide bonds. The van der Waals surface area contributed by atoms with Crippen LogP contribution in [0.25, 0.3) is 11.0 Å². The van der Waals surface area contributed by atoms with Crippen molar-refractivity contribution in [1.82, 2.24) is 34.7 Å². The number of carbonyl (C=O) groups is 4. The number of nitrogens with one attached hydrogen (secondary N) is 1. The Hall–Kier alpha value is -4.66. The van der Waals surface area contributed by atoms with Gasteiger partial charge in [0.1, 0.15) is 30.2 Å². The van der Waals surface area contributed by atoms with E-state index in [0.29, 0.717) is 31.6 Å². The zero-order chi connectivity index (χ0) is 46.1. The molecule has 3 fully saturated rings. The molecule has 3 N–H and O–H groups in total. The number of hydrogen-bond acceptors (Lipinski definition) is 15. The van der Waals surface area contributed by atoms with Gasteiger partial charge in [0.2, 0.25) is 5.52 Å². The fourth-order valence-electron chi connectivity index (χ4n) is 9.86. The van der Waals surface area contributed by atoms with Crippen LogP contribution in [-0.2, 0) is 51.2 Å². The lowest BCUT2D eigenvalue weighted by molar-refractivity contribution is -0.469. The number of carbonyl (C=O) groups excluding carboxylic acids is 4. The molecule has 19 heteroatoms. The van der Waals surface area contributed by atoms with Crippen LogP contribution in [0, 0.1) is 17.8 Å². The molecular formula is C44H65N8O11+. The fourth-order valence-corrected chi connectivity index (χ4v) is 9.86. The first kappa shape index (κ1) is 47.8. The van der Waals surface area contributed by atoms with Gasteiger partial charge in [0.05, 0.1) is 47.8 Å². The van der Waals surface area contributed by atoms with Crippen molar-refractivity contribution in [2.24, 2.45) is 17.8 Å². The van der Waals surface area contributed by atoms with E-state index in [2.05, 4.69) is 27.1 Å². The molecule has 3 aromatic rings. The van der Waals surface area contributed by atoms with Gasteiger partial charge in [-0.25, -0.2) is 9.59 Å². The molecule has 0 aliphatic carbocycles. The van der Waals surface area contributed by atoms with Gasteiger partial charge < -0.3 is 43.7 Å². The maximum atomic E-state index is 14.8. The average molecular weight is 882 g/mol. The summed E-state index contributed by atoms with van der Waals surface area (Å²) in [7, 11) is 4.85. The molecule has 13 atom stereocenters. The second-order valence-corrected chi connectivity index (χ2v) is 18.1. The van der Waals surface area contributed by atoms with Gasteiger partial charge in [0.15, 0.2) is 23.2 Å². The lowest BCUT2D eigenvalue weighted by atomic mass is 9.73. The summed E-state index contributed by atoms with van der Waals surface area (Å²) >= 11 is 0.